The molecular weight excluding hydrogens is 152 g/mol. The summed E-state index contributed by atoms with van der Waals surface area (Å²) < 4.78 is 4.64. The molecule has 0 saturated carbocycles. The van der Waals surface area contributed by atoms with Crippen LogP contribution >= 0.6 is 0 Å². The van der Waals surface area contributed by atoms with Crippen LogP contribution in [0.2, 0.25) is 0 Å². The lowest BCUT2D eigenvalue weighted by atomic mass is 10.3. The first-order chi connectivity index (χ1) is 5.81. The van der Waals surface area contributed by atoms with Crippen LogP contribution in [0.4, 0.5) is 0 Å². The second-order valence-electron chi connectivity index (χ2n) is 1.56. The van der Waals surface area contributed by atoms with E-state index in [-0.39, 0.29) is 5.97 Å². The first-order valence-corrected chi connectivity index (χ1v) is 4.96. The van der Waals surface area contributed by atoms with Gasteiger partial charge in [-0.15, -0.1) is 0 Å². The van der Waals surface area contributed by atoms with Crippen molar-refractivity contribution in [2.24, 2.45) is 0 Å². The molecule has 0 fully saturated rings. The van der Waals surface area contributed by atoms with E-state index in [9.17, 15) is 4.79 Å². The first kappa shape index (κ1) is 17.5. The Morgan fingerprint density at radius 2 is 1.50 bits per heavy atom. The number of carbonyl (C=O) groups excluding carboxylic acids is 1. The van der Waals surface area contributed by atoms with Crippen molar-refractivity contribution in [1.29, 1.82) is 0 Å². The third-order valence-corrected chi connectivity index (χ3v) is 0.759. The summed E-state index contributed by atoms with van der Waals surface area (Å²) in [4.78, 5) is 10.4. The summed E-state index contributed by atoms with van der Waals surface area (Å²) in [7, 11) is 0. The van der Waals surface area contributed by atoms with E-state index in [1.54, 1.807) is 0 Å². The fraction of sp³-hybridized carbons (Fsp3) is 0.900. The Morgan fingerprint density at radius 3 is 1.75 bits per heavy atom. The second kappa shape index (κ2) is 22.4. The molecule has 2 heteroatoms. The minimum atomic E-state index is -0.0880. The Balaban J connectivity index is -0.000000175. The SMILES string of the molecule is CC.CC.CCCC(=O)OCC. The third kappa shape index (κ3) is 22.7. The number of esters is 1. The van der Waals surface area contributed by atoms with Crippen molar-refractivity contribution in [2.75, 3.05) is 6.61 Å². The van der Waals surface area contributed by atoms with Gasteiger partial charge in [-0.1, -0.05) is 34.6 Å². The molecule has 0 heterocycles. The molecule has 0 aliphatic heterocycles. The van der Waals surface area contributed by atoms with Crippen LogP contribution in [0.15, 0.2) is 0 Å². The average Bonchev–Trinajstić information content (AvgIpc) is 2.12. The van der Waals surface area contributed by atoms with Gasteiger partial charge in [-0.2, -0.15) is 0 Å². The highest BCUT2D eigenvalue weighted by atomic mass is 16.5. The van der Waals surface area contributed by atoms with Crippen LogP contribution in [-0.2, 0) is 9.53 Å². The maximum Gasteiger partial charge on any atom is 0.305 e. The van der Waals surface area contributed by atoms with Gasteiger partial charge in [-0.05, 0) is 13.3 Å². The molecule has 0 saturated heterocycles. The van der Waals surface area contributed by atoms with Gasteiger partial charge in [0, 0.05) is 6.42 Å². The molecule has 12 heavy (non-hydrogen) atoms. The van der Waals surface area contributed by atoms with E-state index < -0.39 is 0 Å². The lowest BCUT2D eigenvalue weighted by Gasteiger charge is -1.96. The molecule has 2 nitrogen and oxygen atoms in total. The topological polar surface area (TPSA) is 26.3 Å². The predicted molar refractivity (Wildman–Crippen MR) is 54.2 cm³/mol. The molecule has 76 valence electrons. The summed E-state index contributed by atoms with van der Waals surface area (Å²) in [6.07, 6.45) is 1.42. The minimum absolute atomic E-state index is 0.0880. The van der Waals surface area contributed by atoms with Gasteiger partial charge in [0.05, 0.1) is 6.61 Å². The Kier molecular flexibility index (Phi) is 32.8. The van der Waals surface area contributed by atoms with Crippen molar-refractivity contribution in [2.45, 2.75) is 54.4 Å². The molecule has 0 radical (unpaired) electrons. The zero-order valence-corrected chi connectivity index (χ0v) is 9.44. The number of ether oxygens (including phenoxy) is 1. The number of rotatable bonds is 3. The highest BCUT2D eigenvalue weighted by Gasteiger charge is 1.95. The summed E-state index contributed by atoms with van der Waals surface area (Å²) in [5.41, 5.74) is 0. The average molecular weight is 176 g/mol. The quantitative estimate of drug-likeness (QED) is 0.616. The Hall–Kier alpha value is -0.530. The van der Waals surface area contributed by atoms with Gasteiger partial charge in [0.2, 0.25) is 0 Å². The van der Waals surface area contributed by atoms with E-state index in [4.69, 9.17) is 0 Å². The second-order valence-corrected chi connectivity index (χ2v) is 1.56. The Bertz CT molecular complexity index is 62.2. The highest BCUT2D eigenvalue weighted by Crippen LogP contribution is 1.89. The molecule has 0 aromatic rings. The summed E-state index contributed by atoms with van der Waals surface area (Å²) >= 11 is 0. The maximum absolute atomic E-state index is 10.4. The molecule has 0 rings (SSSR count). The molecule has 0 spiro atoms. The highest BCUT2D eigenvalue weighted by molar-refractivity contribution is 5.69. The fourth-order valence-corrected chi connectivity index (χ4v) is 0.437. The molecule has 0 aliphatic carbocycles. The van der Waals surface area contributed by atoms with Gasteiger partial charge >= 0.3 is 5.97 Å². The zero-order valence-electron chi connectivity index (χ0n) is 9.44. The van der Waals surface area contributed by atoms with Crippen LogP contribution in [0.1, 0.15) is 54.4 Å². The maximum atomic E-state index is 10.4. The molecule has 0 unspecified atom stereocenters. The molecule has 0 N–H and O–H groups in total. The smallest absolute Gasteiger partial charge is 0.305 e. The Labute approximate surface area is 77.3 Å². The number of carbonyl (C=O) groups is 1. The van der Waals surface area contributed by atoms with Crippen LogP contribution in [-0.4, -0.2) is 12.6 Å². The Morgan fingerprint density at radius 1 is 1.08 bits per heavy atom. The van der Waals surface area contributed by atoms with Crippen molar-refractivity contribution in [3.63, 3.8) is 0 Å². The third-order valence-electron chi connectivity index (χ3n) is 0.759. The molecule has 0 atom stereocenters. The van der Waals surface area contributed by atoms with E-state index in [2.05, 4.69) is 4.74 Å². The van der Waals surface area contributed by atoms with E-state index >= 15 is 0 Å². The molecule has 0 amide bonds. The summed E-state index contributed by atoms with van der Waals surface area (Å²) in [6.45, 7) is 12.3. The number of hydrogen-bond acceptors (Lipinski definition) is 2. The molecular formula is C10H24O2. The van der Waals surface area contributed by atoms with Gasteiger partial charge < -0.3 is 4.74 Å². The number of hydrogen-bond donors (Lipinski definition) is 0. The van der Waals surface area contributed by atoms with Crippen LogP contribution in [0.3, 0.4) is 0 Å². The largest absolute Gasteiger partial charge is 0.466 e. The van der Waals surface area contributed by atoms with Crippen molar-refractivity contribution >= 4 is 5.97 Å². The van der Waals surface area contributed by atoms with Crippen LogP contribution in [0.25, 0.3) is 0 Å². The van der Waals surface area contributed by atoms with Crippen LogP contribution < -0.4 is 0 Å². The van der Waals surface area contributed by atoms with E-state index in [0.29, 0.717) is 13.0 Å². The van der Waals surface area contributed by atoms with Crippen molar-refractivity contribution in [3.8, 4) is 0 Å². The standard InChI is InChI=1S/C6H12O2.2C2H6/c1-3-5-6(7)8-4-2;2*1-2/h3-5H2,1-2H3;2*1-2H3. The molecule has 0 aliphatic rings. The van der Waals surface area contributed by atoms with Gasteiger partial charge in [-0.25, -0.2) is 0 Å². The molecule has 0 aromatic heterocycles. The van der Waals surface area contributed by atoms with E-state index in [1.165, 1.54) is 0 Å². The summed E-state index contributed by atoms with van der Waals surface area (Å²) in [5.74, 6) is -0.0880. The molecule has 0 bridgehead atoms. The first-order valence-electron chi connectivity index (χ1n) is 4.96. The fourth-order valence-electron chi connectivity index (χ4n) is 0.437. The van der Waals surface area contributed by atoms with Crippen molar-refractivity contribution in [3.05, 3.63) is 0 Å². The van der Waals surface area contributed by atoms with Crippen LogP contribution in [0.5, 0.6) is 0 Å². The van der Waals surface area contributed by atoms with E-state index in [0.717, 1.165) is 6.42 Å². The van der Waals surface area contributed by atoms with Gasteiger partial charge in [-0.3, -0.25) is 4.79 Å². The summed E-state index contributed by atoms with van der Waals surface area (Å²) in [5, 5.41) is 0. The van der Waals surface area contributed by atoms with Gasteiger partial charge in [0.15, 0.2) is 0 Å². The van der Waals surface area contributed by atoms with Crippen LogP contribution in [0, 0.1) is 0 Å². The molecule has 0 aromatic carbocycles. The van der Waals surface area contributed by atoms with E-state index in [1.807, 2.05) is 41.5 Å². The lowest BCUT2D eigenvalue weighted by molar-refractivity contribution is -0.143. The predicted octanol–water partition coefficient (Wildman–Crippen LogP) is 3.40. The summed E-state index contributed by atoms with van der Waals surface area (Å²) in [6, 6.07) is 0. The van der Waals surface area contributed by atoms with Gasteiger partial charge in [0.1, 0.15) is 0 Å². The lowest BCUT2D eigenvalue weighted by Crippen LogP contribution is -2.01. The minimum Gasteiger partial charge on any atom is -0.466 e. The van der Waals surface area contributed by atoms with Crippen molar-refractivity contribution in [1.82, 2.24) is 0 Å². The monoisotopic (exact) mass is 176 g/mol. The normalized spacial score (nSPS) is 6.83. The van der Waals surface area contributed by atoms with Crippen molar-refractivity contribution < 1.29 is 9.53 Å². The zero-order chi connectivity index (χ0) is 10.4. The van der Waals surface area contributed by atoms with Gasteiger partial charge in [0.25, 0.3) is 0 Å².